The summed E-state index contributed by atoms with van der Waals surface area (Å²) in [6.07, 6.45) is 2.77. The highest BCUT2D eigenvalue weighted by Crippen LogP contribution is 2.25. The Balaban J connectivity index is 2.47. The Morgan fingerprint density at radius 2 is 2.25 bits per heavy atom. The highest BCUT2D eigenvalue weighted by atomic mass is 35.5. The Bertz CT molecular complexity index is 438. The SMILES string of the molecule is CCCC(C)NC(=O)COc1ccc(CCN)cc1Cl. The Morgan fingerprint density at radius 3 is 2.85 bits per heavy atom. The third kappa shape index (κ3) is 5.80. The minimum atomic E-state index is -0.131. The molecule has 0 saturated heterocycles. The number of amides is 1. The van der Waals surface area contributed by atoms with Gasteiger partial charge < -0.3 is 15.8 Å². The summed E-state index contributed by atoms with van der Waals surface area (Å²) in [6.45, 7) is 4.62. The minimum absolute atomic E-state index is 0.0238. The molecule has 0 aromatic heterocycles. The molecule has 0 bridgehead atoms. The highest BCUT2D eigenvalue weighted by Gasteiger charge is 2.09. The second-order valence-corrected chi connectivity index (χ2v) is 5.26. The summed E-state index contributed by atoms with van der Waals surface area (Å²) in [6, 6.07) is 5.67. The van der Waals surface area contributed by atoms with Gasteiger partial charge in [-0.2, -0.15) is 0 Å². The molecule has 0 aliphatic heterocycles. The molecule has 0 heterocycles. The Hall–Kier alpha value is -1.26. The van der Waals surface area contributed by atoms with Crippen LogP contribution in [0.3, 0.4) is 0 Å². The maximum atomic E-state index is 11.7. The topological polar surface area (TPSA) is 64.3 Å². The van der Waals surface area contributed by atoms with Crippen molar-refractivity contribution in [1.29, 1.82) is 0 Å². The molecule has 1 amide bonds. The molecule has 1 atom stereocenters. The van der Waals surface area contributed by atoms with Crippen molar-refractivity contribution in [2.24, 2.45) is 5.73 Å². The molecule has 112 valence electrons. The summed E-state index contributed by atoms with van der Waals surface area (Å²) in [4.78, 5) is 11.7. The summed E-state index contributed by atoms with van der Waals surface area (Å²) < 4.78 is 5.44. The van der Waals surface area contributed by atoms with Gasteiger partial charge in [0.25, 0.3) is 5.91 Å². The van der Waals surface area contributed by atoms with Crippen LogP contribution in [0.25, 0.3) is 0 Å². The van der Waals surface area contributed by atoms with Crippen LogP contribution in [-0.2, 0) is 11.2 Å². The van der Waals surface area contributed by atoms with Crippen LogP contribution >= 0.6 is 11.6 Å². The Kier molecular flexibility index (Phi) is 7.41. The molecule has 0 aliphatic carbocycles. The van der Waals surface area contributed by atoms with Gasteiger partial charge in [-0.15, -0.1) is 0 Å². The predicted molar refractivity (Wildman–Crippen MR) is 82.2 cm³/mol. The van der Waals surface area contributed by atoms with E-state index < -0.39 is 0 Å². The molecule has 1 aromatic carbocycles. The summed E-state index contributed by atoms with van der Waals surface area (Å²) in [5.74, 6) is 0.388. The third-order valence-electron chi connectivity index (χ3n) is 2.92. The molecule has 20 heavy (non-hydrogen) atoms. The number of carbonyl (C=O) groups is 1. The van der Waals surface area contributed by atoms with Gasteiger partial charge in [0, 0.05) is 6.04 Å². The summed E-state index contributed by atoms with van der Waals surface area (Å²) >= 11 is 6.11. The number of hydrogen-bond donors (Lipinski definition) is 2. The van der Waals surface area contributed by atoms with Crippen LogP contribution in [0.4, 0.5) is 0 Å². The van der Waals surface area contributed by atoms with Crippen molar-refractivity contribution in [3.05, 3.63) is 28.8 Å². The average Bonchev–Trinajstić information content (AvgIpc) is 2.38. The van der Waals surface area contributed by atoms with Gasteiger partial charge in [-0.05, 0) is 44.0 Å². The quantitative estimate of drug-likeness (QED) is 0.775. The van der Waals surface area contributed by atoms with Crippen LogP contribution < -0.4 is 15.8 Å². The molecule has 1 aromatic rings. The first-order chi connectivity index (χ1) is 9.56. The zero-order chi connectivity index (χ0) is 15.0. The van der Waals surface area contributed by atoms with Crippen molar-refractivity contribution < 1.29 is 9.53 Å². The third-order valence-corrected chi connectivity index (χ3v) is 3.21. The lowest BCUT2D eigenvalue weighted by molar-refractivity contribution is -0.123. The molecule has 1 unspecified atom stereocenters. The Morgan fingerprint density at radius 1 is 1.50 bits per heavy atom. The standard InChI is InChI=1S/C15H23ClN2O2/c1-3-4-11(2)18-15(19)10-20-14-6-5-12(7-8-17)9-13(14)16/h5-6,9,11H,3-4,7-8,10,17H2,1-2H3,(H,18,19). The molecule has 4 nitrogen and oxygen atoms in total. The maximum Gasteiger partial charge on any atom is 0.258 e. The van der Waals surface area contributed by atoms with E-state index in [1.165, 1.54) is 0 Å². The van der Waals surface area contributed by atoms with Crippen molar-refractivity contribution in [3.63, 3.8) is 0 Å². The fourth-order valence-electron chi connectivity index (χ4n) is 1.95. The molecular weight excluding hydrogens is 276 g/mol. The van der Waals surface area contributed by atoms with Crippen molar-refractivity contribution >= 4 is 17.5 Å². The molecule has 0 aliphatic rings. The number of hydrogen-bond acceptors (Lipinski definition) is 3. The number of rotatable bonds is 8. The zero-order valence-electron chi connectivity index (χ0n) is 12.1. The first-order valence-corrected chi connectivity index (χ1v) is 7.35. The molecule has 3 N–H and O–H groups in total. The zero-order valence-corrected chi connectivity index (χ0v) is 12.9. The van der Waals surface area contributed by atoms with E-state index in [0.29, 0.717) is 17.3 Å². The van der Waals surface area contributed by atoms with Gasteiger partial charge >= 0.3 is 0 Å². The lowest BCUT2D eigenvalue weighted by Crippen LogP contribution is -2.35. The average molecular weight is 299 g/mol. The molecule has 0 spiro atoms. The second kappa shape index (κ2) is 8.82. The van der Waals surface area contributed by atoms with Gasteiger partial charge in [0.1, 0.15) is 5.75 Å². The van der Waals surface area contributed by atoms with E-state index in [9.17, 15) is 4.79 Å². The Labute approximate surface area is 125 Å². The molecule has 1 rings (SSSR count). The van der Waals surface area contributed by atoms with E-state index in [0.717, 1.165) is 24.8 Å². The minimum Gasteiger partial charge on any atom is -0.482 e. The summed E-state index contributed by atoms with van der Waals surface area (Å²) in [7, 11) is 0. The first-order valence-electron chi connectivity index (χ1n) is 6.97. The van der Waals surface area contributed by atoms with E-state index in [2.05, 4.69) is 12.2 Å². The van der Waals surface area contributed by atoms with Crippen molar-refractivity contribution in [2.45, 2.75) is 39.2 Å². The van der Waals surface area contributed by atoms with E-state index in [1.807, 2.05) is 19.1 Å². The van der Waals surface area contributed by atoms with Crippen molar-refractivity contribution in [2.75, 3.05) is 13.2 Å². The summed E-state index contributed by atoms with van der Waals surface area (Å²) in [5, 5.41) is 3.38. The van der Waals surface area contributed by atoms with Gasteiger partial charge in [-0.1, -0.05) is 31.0 Å². The van der Waals surface area contributed by atoms with E-state index >= 15 is 0 Å². The van der Waals surface area contributed by atoms with E-state index in [4.69, 9.17) is 22.1 Å². The molecule has 0 fully saturated rings. The molecule has 5 heteroatoms. The maximum absolute atomic E-state index is 11.7. The predicted octanol–water partition coefficient (Wildman–Crippen LogP) is 2.52. The smallest absolute Gasteiger partial charge is 0.258 e. The summed E-state index contributed by atoms with van der Waals surface area (Å²) in [5.41, 5.74) is 6.55. The number of carbonyl (C=O) groups excluding carboxylic acids is 1. The van der Waals surface area contributed by atoms with Gasteiger partial charge in [0.2, 0.25) is 0 Å². The number of nitrogens with one attached hydrogen (secondary N) is 1. The number of benzene rings is 1. The monoisotopic (exact) mass is 298 g/mol. The van der Waals surface area contributed by atoms with Crippen LogP contribution in [0.5, 0.6) is 5.75 Å². The molecule has 0 radical (unpaired) electrons. The van der Waals surface area contributed by atoms with Crippen LogP contribution in [0.1, 0.15) is 32.3 Å². The van der Waals surface area contributed by atoms with E-state index in [1.54, 1.807) is 6.07 Å². The van der Waals surface area contributed by atoms with Crippen LogP contribution in [0, 0.1) is 0 Å². The normalized spacial score (nSPS) is 12.0. The fourth-order valence-corrected chi connectivity index (χ4v) is 2.21. The van der Waals surface area contributed by atoms with E-state index in [-0.39, 0.29) is 18.6 Å². The highest BCUT2D eigenvalue weighted by molar-refractivity contribution is 6.32. The second-order valence-electron chi connectivity index (χ2n) is 4.85. The molecule has 0 saturated carbocycles. The largest absolute Gasteiger partial charge is 0.482 e. The lowest BCUT2D eigenvalue weighted by atomic mass is 10.1. The van der Waals surface area contributed by atoms with Crippen molar-refractivity contribution in [3.8, 4) is 5.75 Å². The number of ether oxygens (including phenoxy) is 1. The fraction of sp³-hybridized carbons (Fsp3) is 0.533. The van der Waals surface area contributed by atoms with Gasteiger partial charge in [0.05, 0.1) is 5.02 Å². The number of halogens is 1. The van der Waals surface area contributed by atoms with Crippen molar-refractivity contribution in [1.82, 2.24) is 5.32 Å². The van der Waals surface area contributed by atoms with Gasteiger partial charge in [-0.3, -0.25) is 4.79 Å². The van der Waals surface area contributed by atoms with Crippen LogP contribution in [-0.4, -0.2) is 25.1 Å². The molecular formula is C15H23ClN2O2. The van der Waals surface area contributed by atoms with Crippen LogP contribution in [0.2, 0.25) is 5.02 Å². The lowest BCUT2D eigenvalue weighted by Gasteiger charge is -2.14. The van der Waals surface area contributed by atoms with Gasteiger partial charge in [0.15, 0.2) is 6.61 Å². The number of nitrogens with two attached hydrogens (primary N) is 1. The van der Waals surface area contributed by atoms with Gasteiger partial charge in [-0.25, -0.2) is 0 Å². The van der Waals surface area contributed by atoms with Crippen LogP contribution in [0.15, 0.2) is 18.2 Å². The first kappa shape index (κ1) is 16.8.